The highest BCUT2D eigenvalue weighted by Gasteiger charge is 2.30. The predicted octanol–water partition coefficient (Wildman–Crippen LogP) is 4.63. The van der Waals surface area contributed by atoms with Gasteiger partial charge in [0, 0.05) is 17.5 Å². The Morgan fingerprint density at radius 1 is 1.24 bits per heavy atom. The molecule has 0 atom stereocenters. The molecule has 25 heavy (non-hydrogen) atoms. The smallest absolute Gasteiger partial charge is 0.301 e. The Kier molecular flexibility index (Phi) is 5.05. The summed E-state index contributed by atoms with van der Waals surface area (Å²) >= 11 is 4.42. The molecule has 0 fully saturated rings. The fraction of sp³-hybridized carbons (Fsp3) is 0.286. The van der Waals surface area contributed by atoms with Crippen molar-refractivity contribution in [3.8, 4) is 6.07 Å². The van der Waals surface area contributed by atoms with E-state index in [0.717, 1.165) is 29.4 Å². The largest absolute Gasteiger partial charge is 0.334 e. The Labute approximate surface area is 154 Å². The second-order valence-electron chi connectivity index (χ2n) is 6.06. The van der Waals surface area contributed by atoms with Gasteiger partial charge in [-0.25, -0.2) is 0 Å². The molecule has 9 nitrogen and oxygen atoms in total. The first-order chi connectivity index (χ1) is 11.6. The number of hydrogen-bond acceptors (Lipinski definition) is 8. The van der Waals surface area contributed by atoms with Gasteiger partial charge in [0.05, 0.1) is 31.6 Å². The van der Waals surface area contributed by atoms with Crippen molar-refractivity contribution in [2.75, 3.05) is 5.32 Å². The highest BCUT2D eigenvalue weighted by Crippen LogP contribution is 2.43. The van der Waals surface area contributed by atoms with Crippen LogP contribution in [0, 0.1) is 31.6 Å². The molecule has 1 aromatic heterocycles. The van der Waals surface area contributed by atoms with Gasteiger partial charge >= 0.3 is 11.4 Å². The van der Waals surface area contributed by atoms with E-state index in [-0.39, 0.29) is 16.7 Å². The maximum Gasteiger partial charge on any atom is 0.301 e. The van der Waals surface area contributed by atoms with E-state index in [4.69, 9.17) is 5.26 Å². The molecule has 0 saturated heterocycles. The molecule has 1 heterocycles. The molecule has 0 radical (unpaired) electrons. The molecule has 1 N–H and O–H groups in total. The van der Waals surface area contributed by atoms with Crippen molar-refractivity contribution in [2.45, 2.75) is 26.2 Å². The topological polar surface area (TPSA) is 135 Å². The maximum absolute atomic E-state index is 11.3. The van der Waals surface area contributed by atoms with Crippen LogP contribution in [0.5, 0.6) is 0 Å². The fourth-order valence-corrected chi connectivity index (χ4v) is 4.02. The SMILES string of the molecule is CC(C)(C)c1nsc(Nc2c([N+](=O)[O-])cc(C#N)cc2[N+](=O)[O-])c1Br. The number of aromatic nitrogens is 1. The van der Waals surface area contributed by atoms with E-state index in [1.54, 1.807) is 6.07 Å². The van der Waals surface area contributed by atoms with Crippen LogP contribution in [-0.4, -0.2) is 14.2 Å². The van der Waals surface area contributed by atoms with Crippen molar-refractivity contribution in [3.05, 3.63) is 48.1 Å². The number of nitro groups is 2. The molecule has 130 valence electrons. The summed E-state index contributed by atoms with van der Waals surface area (Å²) < 4.78 is 4.89. The number of halogens is 1. The molecule has 0 amide bonds. The lowest BCUT2D eigenvalue weighted by Gasteiger charge is -2.15. The first kappa shape index (κ1) is 18.8. The molecular weight excluding hydrogens is 414 g/mol. The van der Waals surface area contributed by atoms with Gasteiger partial charge in [-0.3, -0.25) is 20.2 Å². The standard InChI is InChI=1S/C14H12BrN5O4S/c1-14(2,3)12-10(15)13(25-18-12)17-11-8(19(21)22)4-7(6-16)5-9(11)20(23)24/h4-5,17H,1-3H3. The first-order valence-corrected chi connectivity index (χ1v) is 8.42. The highest BCUT2D eigenvalue weighted by molar-refractivity contribution is 9.10. The third-order valence-corrected chi connectivity index (χ3v) is 5.00. The Morgan fingerprint density at radius 2 is 1.76 bits per heavy atom. The molecule has 11 heteroatoms. The Morgan fingerprint density at radius 3 is 2.12 bits per heavy atom. The number of hydrogen-bond donors (Lipinski definition) is 1. The summed E-state index contributed by atoms with van der Waals surface area (Å²) in [4.78, 5) is 21.1. The van der Waals surface area contributed by atoms with Crippen molar-refractivity contribution in [1.29, 1.82) is 5.26 Å². The molecular formula is C14H12BrN5O4S. The third-order valence-electron chi connectivity index (χ3n) is 3.20. The fourth-order valence-electron chi connectivity index (χ4n) is 2.03. The van der Waals surface area contributed by atoms with E-state index in [1.165, 1.54) is 0 Å². The zero-order valence-corrected chi connectivity index (χ0v) is 15.8. The van der Waals surface area contributed by atoms with Crippen molar-refractivity contribution in [1.82, 2.24) is 4.37 Å². The van der Waals surface area contributed by atoms with Crippen LogP contribution >= 0.6 is 27.5 Å². The number of rotatable bonds is 4. The molecule has 1 aromatic carbocycles. The van der Waals surface area contributed by atoms with E-state index >= 15 is 0 Å². The van der Waals surface area contributed by atoms with Crippen LogP contribution in [0.15, 0.2) is 16.6 Å². The number of benzene rings is 1. The van der Waals surface area contributed by atoms with Gasteiger partial charge in [-0.05, 0) is 27.5 Å². The van der Waals surface area contributed by atoms with E-state index < -0.39 is 21.2 Å². The lowest BCUT2D eigenvalue weighted by Crippen LogP contribution is -2.12. The van der Waals surface area contributed by atoms with E-state index in [2.05, 4.69) is 25.6 Å². The van der Waals surface area contributed by atoms with Gasteiger partial charge in [0.15, 0.2) is 5.69 Å². The maximum atomic E-state index is 11.3. The quantitative estimate of drug-likeness (QED) is 0.556. The van der Waals surface area contributed by atoms with Crippen LogP contribution in [0.3, 0.4) is 0 Å². The number of nitrogens with one attached hydrogen (secondary N) is 1. The number of anilines is 2. The summed E-state index contributed by atoms with van der Waals surface area (Å²) in [6, 6.07) is 3.68. The number of nitro benzene ring substituents is 2. The van der Waals surface area contributed by atoms with E-state index in [1.807, 2.05) is 20.8 Å². The summed E-state index contributed by atoms with van der Waals surface area (Å²) in [5.74, 6) is 0. The highest BCUT2D eigenvalue weighted by atomic mass is 79.9. The van der Waals surface area contributed by atoms with Crippen LogP contribution in [0.25, 0.3) is 0 Å². The van der Waals surface area contributed by atoms with Gasteiger partial charge in [0.2, 0.25) is 0 Å². The Bertz CT molecular complexity index is 878. The van der Waals surface area contributed by atoms with E-state index in [9.17, 15) is 20.2 Å². The summed E-state index contributed by atoms with van der Waals surface area (Å²) in [6.07, 6.45) is 0. The lowest BCUT2D eigenvalue weighted by molar-refractivity contribution is -0.392. The van der Waals surface area contributed by atoms with Gasteiger partial charge in [0.1, 0.15) is 5.00 Å². The van der Waals surface area contributed by atoms with Gasteiger partial charge in [-0.15, -0.1) is 0 Å². The monoisotopic (exact) mass is 425 g/mol. The van der Waals surface area contributed by atoms with Crippen molar-refractivity contribution in [3.63, 3.8) is 0 Å². The average Bonchev–Trinajstić information content (AvgIpc) is 2.87. The van der Waals surface area contributed by atoms with Gasteiger partial charge in [-0.1, -0.05) is 20.8 Å². The Balaban J connectivity index is 2.64. The number of nitrogens with zero attached hydrogens (tertiary/aromatic N) is 4. The van der Waals surface area contributed by atoms with Crippen molar-refractivity contribution < 1.29 is 9.85 Å². The van der Waals surface area contributed by atoms with Gasteiger partial charge in [-0.2, -0.15) is 9.64 Å². The number of nitriles is 1. The molecule has 2 aromatic rings. The molecule has 0 aliphatic heterocycles. The average molecular weight is 426 g/mol. The molecule has 0 spiro atoms. The predicted molar refractivity (Wildman–Crippen MR) is 96.3 cm³/mol. The summed E-state index contributed by atoms with van der Waals surface area (Å²) in [7, 11) is 0. The molecule has 0 saturated carbocycles. The van der Waals surface area contributed by atoms with E-state index in [0.29, 0.717) is 9.47 Å². The van der Waals surface area contributed by atoms with Crippen LogP contribution < -0.4 is 5.32 Å². The van der Waals surface area contributed by atoms with Crippen LogP contribution in [-0.2, 0) is 5.41 Å². The summed E-state index contributed by atoms with van der Waals surface area (Å²) in [6.45, 7) is 5.84. The second-order valence-corrected chi connectivity index (χ2v) is 7.63. The lowest BCUT2D eigenvalue weighted by atomic mass is 9.92. The minimum atomic E-state index is -0.768. The second kappa shape index (κ2) is 6.73. The molecule has 0 aliphatic carbocycles. The minimum Gasteiger partial charge on any atom is -0.334 e. The molecule has 0 aliphatic rings. The van der Waals surface area contributed by atoms with Crippen LogP contribution in [0.2, 0.25) is 0 Å². The molecule has 2 rings (SSSR count). The van der Waals surface area contributed by atoms with Crippen molar-refractivity contribution in [2.24, 2.45) is 0 Å². The molecule has 0 bridgehead atoms. The molecule has 0 unspecified atom stereocenters. The summed E-state index contributed by atoms with van der Waals surface area (Å²) in [5, 5.41) is 34.7. The Hall–Kier alpha value is -2.58. The zero-order valence-electron chi connectivity index (χ0n) is 13.4. The first-order valence-electron chi connectivity index (χ1n) is 6.86. The zero-order chi connectivity index (χ0) is 18.9. The third kappa shape index (κ3) is 3.75. The van der Waals surface area contributed by atoms with Crippen LogP contribution in [0.4, 0.5) is 22.1 Å². The van der Waals surface area contributed by atoms with Gasteiger partial charge < -0.3 is 5.32 Å². The van der Waals surface area contributed by atoms with Crippen LogP contribution in [0.1, 0.15) is 32.0 Å². The normalized spacial score (nSPS) is 11.0. The van der Waals surface area contributed by atoms with Gasteiger partial charge in [0.25, 0.3) is 0 Å². The summed E-state index contributed by atoms with van der Waals surface area (Å²) in [5.41, 5.74) is -1.12. The minimum absolute atomic E-state index is 0.164. The van der Waals surface area contributed by atoms with Crippen molar-refractivity contribution >= 4 is 49.5 Å².